The molecule has 2 heteroatoms. The molecule has 1 N–H and O–H groups in total. The second-order valence-corrected chi connectivity index (χ2v) is 3.93. The molecule has 0 saturated carbocycles. The van der Waals surface area contributed by atoms with Gasteiger partial charge in [-0.15, -0.1) is 0 Å². The first-order valence-electron chi connectivity index (χ1n) is 5.22. The van der Waals surface area contributed by atoms with Crippen molar-refractivity contribution in [3.05, 3.63) is 30.1 Å². The molecule has 2 heterocycles. The van der Waals surface area contributed by atoms with Crippen LogP contribution in [0.25, 0.3) is 11.0 Å². The third kappa shape index (κ3) is 1.65. The summed E-state index contributed by atoms with van der Waals surface area (Å²) in [4.78, 5) is 7.56. The Morgan fingerprint density at radius 1 is 1.43 bits per heavy atom. The molecule has 0 aliphatic heterocycles. The Labute approximate surface area is 84.4 Å². The van der Waals surface area contributed by atoms with Crippen molar-refractivity contribution < 1.29 is 0 Å². The van der Waals surface area contributed by atoms with E-state index in [-0.39, 0.29) is 0 Å². The van der Waals surface area contributed by atoms with E-state index in [4.69, 9.17) is 0 Å². The molecule has 14 heavy (non-hydrogen) atoms. The summed E-state index contributed by atoms with van der Waals surface area (Å²) in [5.74, 6) is 0.740. The number of hydrogen-bond acceptors (Lipinski definition) is 1. The molecule has 1 atom stereocenters. The highest BCUT2D eigenvalue weighted by molar-refractivity contribution is 5.78. The van der Waals surface area contributed by atoms with Crippen molar-refractivity contribution in [1.82, 2.24) is 9.97 Å². The van der Waals surface area contributed by atoms with Crippen LogP contribution < -0.4 is 0 Å². The Hall–Kier alpha value is -1.31. The molecule has 0 aliphatic carbocycles. The lowest BCUT2D eigenvalue weighted by Gasteiger charge is -2.08. The van der Waals surface area contributed by atoms with Gasteiger partial charge in [-0.05, 0) is 30.0 Å². The van der Waals surface area contributed by atoms with Gasteiger partial charge in [-0.1, -0.05) is 20.3 Å². The van der Waals surface area contributed by atoms with Crippen molar-refractivity contribution >= 4 is 11.0 Å². The molecule has 0 fully saturated rings. The summed E-state index contributed by atoms with van der Waals surface area (Å²) in [5, 5.41) is 0. The number of rotatable bonds is 3. The first kappa shape index (κ1) is 9.25. The predicted molar refractivity (Wildman–Crippen MR) is 59.3 cm³/mol. The second kappa shape index (κ2) is 3.82. The van der Waals surface area contributed by atoms with Gasteiger partial charge < -0.3 is 4.98 Å². The van der Waals surface area contributed by atoms with Gasteiger partial charge in [-0.2, -0.15) is 0 Å². The Bertz CT molecular complexity index is 417. The van der Waals surface area contributed by atoms with Gasteiger partial charge in [0, 0.05) is 12.4 Å². The van der Waals surface area contributed by atoms with Crippen molar-refractivity contribution in [1.29, 1.82) is 0 Å². The molecule has 0 aliphatic rings. The second-order valence-electron chi connectivity index (χ2n) is 3.93. The van der Waals surface area contributed by atoms with E-state index in [2.05, 4.69) is 29.9 Å². The van der Waals surface area contributed by atoms with Crippen LogP contribution in [0, 0.1) is 5.92 Å². The van der Waals surface area contributed by atoms with Crippen LogP contribution in [0.1, 0.15) is 25.8 Å². The quantitative estimate of drug-likeness (QED) is 0.787. The summed E-state index contributed by atoms with van der Waals surface area (Å²) in [6.07, 6.45) is 6.21. The number of nitrogens with zero attached hydrogens (tertiary/aromatic N) is 1. The maximum Gasteiger partial charge on any atom is 0.0881 e. The van der Waals surface area contributed by atoms with Gasteiger partial charge in [0.15, 0.2) is 0 Å². The zero-order valence-electron chi connectivity index (χ0n) is 8.75. The number of nitrogens with one attached hydrogen (secondary N) is 1. The van der Waals surface area contributed by atoms with Crippen LogP contribution in [0.3, 0.4) is 0 Å². The van der Waals surface area contributed by atoms with E-state index in [1.807, 2.05) is 18.5 Å². The van der Waals surface area contributed by atoms with Gasteiger partial charge in [0.25, 0.3) is 0 Å². The number of hydrogen-bond donors (Lipinski definition) is 1. The zero-order chi connectivity index (χ0) is 9.97. The molecule has 2 rings (SSSR count). The molecule has 74 valence electrons. The molecule has 2 nitrogen and oxygen atoms in total. The number of aromatic nitrogens is 2. The van der Waals surface area contributed by atoms with Gasteiger partial charge >= 0.3 is 0 Å². The van der Waals surface area contributed by atoms with Gasteiger partial charge in [-0.3, -0.25) is 4.98 Å². The highest BCUT2D eigenvalue weighted by atomic mass is 14.8. The summed E-state index contributed by atoms with van der Waals surface area (Å²) in [7, 11) is 0. The fraction of sp³-hybridized carbons (Fsp3) is 0.417. The molecular weight excluding hydrogens is 172 g/mol. The van der Waals surface area contributed by atoms with Gasteiger partial charge in [0.2, 0.25) is 0 Å². The van der Waals surface area contributed by atoms with E-state index in [0.717, 1.165) is 17.9 Å². The third-order valence-corrected chi connectivity index (χ3v) is 2.80. The lowest BCUT2D eigenvalue weighted by Crippen LogP contribution is -1.98. The lowest BCUT2D eigenvalue weighted by molar-refractivity contribution is 0.561. The maximum absolute atomic E-state index is 4.30. The number of aromatic amines is 1. The monoisotopic (exact) mass is 188 g/mol. The highest BCUT2D eigenvalue weighted by Crippen LogP contribution is 2.18. The molecule has 0 radical (unpaired) electrons. The SMILES string of the molecule is CCC(C)Cc1ccnc2cc[nH]c12. The number of pyridine rings is 1. The summed E-state index contributed by atoms with van der Waals surface area (Å²) in [6, 6.07) is 4.14. The molecular formula is C12H16N2. The average Bonchev–Trinajstić information content (AvgIpc) is 2.66. The fourth-order valence-corrected chi connectivity index (χ4v) is 1.71. The zero-order valence-corrected chi connectivity index (χ0v) is 8.75. The van der Waals surface area contributed by atoms with E-state index >= 15 is 0 Å². The first-order valence-corrected chi connectivity index (χ1v) is 5.22. The molecule has 2 aromatic heterocycles. The molecule has 0 bridgehead atoms. The minimum absolute atomic E-state index is 0.740. The highest BCUT2D eigenvalue weighted by Gasteiger charge is 2.06. The largest absolute Gasteiger partial charge is 0.360 e. The van der Waals surface area contributed by atoms with Crippen LogP contribution in [0.4, 0.5) is 0 Å². The van der Waals surface area contributed by atoms with E-state index in [9.17, 15) is 0 Å². The smallest absolute Gasteiger partial charge is 0.0881 e. The molecule has 0 saturated heterocycles. The van der Waals surface area contributed by atoms with Gasteiger partial charge in [-0.25, -0.2) is 0 Å². The minimum Gasteiger partial charge on any atom is -0.360 e. The van der Waals surface area contributed by atoms with E-state index < -0.39 is 0 Å². The van der Waals surface area contributed by atoms with Crippen LogP contribution >= 0.6 is 0 Å². The normalized spacial score (nSPS) is 13.3. The van der Waals surface area contributed by atoms with Crippen molar-refractivity contribution in [2.45, 2.75) is 26.7 Å². The standard InChI is InChI=1S/C12H16N2/c1-3-9(2)8-10-4-6-13-11-5-7-14-12(10)11/h4-7,9,14H,3,8H2,1-2H3. The third-order valence-electron chi connectivity index (χ3n) is 2.80. The molecule has 0 aromatic carbocycles. The van der Waals surface area contributed by atoms with Crippen molar-refractivity contribution in [3.8, 4) is 0 Å². The van der Waals surface area contributed by atoms with Crippen molar-refractivity contribution in [3.63, 3.8) is 0 Å². The van der Waals surface area contributed by atoms with Gasteiger partial charge in [0.1, 0.15) is 0 Å². The maximum atomic E-state index is 4.30. The minimum atomic E-state index is 0.740. The Morgan fingerprint density at radius 3 is 3.07 bits per heavy atom. The van der Waals surface area contributed by atoms with Crippen LogP contribution in [-0.4, -0.2) is 9.97 Å². The van der Waals surface area contributed by atoms with Crippen LogP contribution in [-0.2, 0) is 6.42 Å². The Kier molecular flexibility index (Phi) is 2.53. The fourth-order valence-electron chi connectivity index (χ4n) is 1.71. The molecule has 2 aromatic rings. The van der Waals surface area contributed by atoms with Crippen molar-refractivity contribution in [2.75, 3.05) is 0 Å². The predicted octanol–water partition coefficient (Wildman–Crippen LogP) is 3.15. The number of H-pyrrole nitrogens is 1. The summed E-state index contributed by atoms with van der Waals surface area (Å²) in [6.45, 7) is 4.52. The topological polar surface area (TPSA) is 28.7 Å². The summed E-state index contributed by atoms with van der Waals surface area (Å²) >= 11 is 0. The van der Waals surface area contributed by atoms with E-state index in [1.54, 1.807) is 0 Å². The lowest BCUT2D eigenvalue weighted by atomic mass is 9.99. The van der Waals surface area contributed by atoms with E-state index in [0.29, 0.717) is 0 Å². The van der Waals surface area contributed by atoms with Crippen LogP contribution in [0.15, 0.2) is 24.5 Å². The van der Waals surface area contributed by atoms with E-state index in [1.165, 1.54) is 17.5 Å². The number of fused-ring (bicyclic) bond motifs is 1. The molecule has 0 amide bonds. The summed E-state index contributed by atoms with van der Waals surface area (Å²) in [5.41, 5.74) is 3.66. The van der Waals surface area contributed by atoms with Crippen molar-refractivity contribution in [2.24, 2.45) is 5.92 Å². The average molecular weight is 188 g/mol. The van der Waals surface area contributed by atoms with Crippen LogP contribution in [0.2, 0.25) is 0 Å². The summed E-state index contributed by atoms with van der Waals surface area (Å²) < 4.78 is 0. The Morgan fingerprint density at radius 2 is 2.29 bits per heavy atom. The molecule has 1 unspecified atom stereocenters. The van der Waals surface area contributed by atoms with Gasteiger partial charge in [0.05, 0.1) is 11.0 Å². The molecule has 0 spiro atoms. The first-order chi connectivity index (χ1) is 6.81. The Balaban J connectivity index is 2.36. The van der Waals surface area contributed by atoms with Crippen LogP contribution in [0.5, 0.6) is 0 Å².